The van der Waals surface area contributed by atoms with Gasteiger partial charge >= 0.3 is 0 Å². The van der Waals surface area contributed by atoms with Crippen LogP contribution in [0.25, 0.3) is 0 Å². The maximum atomic E-state index is 11.4. The highest BCUT2D eigenvalue weighted by Crippen LogP contribution is 2.31. The van der Waals surface area contributed by atoms with Gasteiger partial charge in [0.1, 0.15) is 12.4 Å². The molecule has 0 aliphatic carbocycles. The Labute approximate surface area is 169 Å². The Balaban J connectivity index is 1.53. The second-order valence-corrected chi connectivity index (χ2v) is 6.84. The Hall–Kier alpha value is -3.66. The average molecular weight is 383 g/mol. The summed E-state index contributed by atoms with van der Waals surface area (Å²) in [6, 6.07) is 29.5. The predicted octanol–water partition coefficient (Wildman–Crippen LogP) is 5.64. The number of ether oxygens (including phenoxy) is 1. The van der Waals surface area contributed by atoms with Crippen molar-refractivity contribution in [1.29, 1.82) is 0 Å². The Kier molecular flexibility index (Phi) is 5.52. The average Bonchev–Trinajstić information content (AvgIpc) is 3.23. The lowest BCUT2D eigenvalue weighted by molar-refractivity contribution is 0.101. The largest absolute Gasteiger partial charge is 0.486 e. The highest BCUT2D eigenvalue weighted by molar-refractivity contribution is 5.94. The third kappa shape index (κ3) is 4.43. The zero-order chi connectivity index (χ0) is 20.1. The summed E-state index contributed by atoms with van der Waals surface area (Å²) >= 11 is 0. The van der Waals surface area contributed by atoms with Gasteiger partial charge in [0.2, 0.25) is 0 Å². The van der Waals surface area contributed by atoms with Gasteiger partial charge in [-0.1, -0.05) is 65.8 Å². The van der Waals surface area contributed by atoms with Crippen molar-refractivity contribution >= 4 is 5.78 Å². The fourth-order valence-corrected chi connectivity index (χ4v) is 3.30. The van der Waals surface area contributed by atoms with E-state index in [0.717, 1.165) is 16.8 Å². The Morgan fingerprint density at radius 2 is 1.48 bits per heavy atom. The molecule has 4 rings (SSSR count). The predicted molar refractivity (Wildman–Crippen MR) is 111 cm³/mol. The number of benzene rings is 3. The molecular weight excluding hydrogens is 362 g/mol. The van der Waals surface area contributed by atoms with Gasteiger partial charge in [0.05, 0.1) is 11.6 Å². The van der Waals surface area contributed by atoms with Crippen LogP contribution in [0.2, 0.25) is 0 Å². The lowest BCUT2D eigenvalue weighted by Crippen LogP contribution is -2.03. The minimum atomic E-state index is -0.00949. The molecule has 1 heterocycles. The van der Waals surface area contributed by atoms with E-state index in [9.17, 15) is 4.79 Å². The van der Waals surface area contributed by atoms with Gasteiger partial charge in [0, 0.05) is 11.6 Å². The van der Waals surface area contributed by atoms with Crippen LogP contribution in [0.15, 0.2) is 95.5 Å². The van der Waals surface area contributed by atoms with Crippen LogP contribution >= 0.6 is 0 Å². The van der Waals surface area contributed by atoms with Crippen molar-refractivity contribution < 1.29 is 14.1 Å². The summed E-state index contributed by atoms with van der Waals surface area (Å²) < 4.78 is 11.3. The van der Waals surface area contributed by atoms with Gasteiger partial charge in [-0.05, 0) is 42.3 Å². The van der Waals surface area contributed by atoms with Gasteiger partial charge in [-0.15, -0.1) is 0 Å². The van der Waals surface area contributed by atoms with Crippen LogP contribution in [0.1, 0.15) is 45.8 Å². The second-order valence-electron chi connectivity index (χ2n) is 6.84. The van der Waals surface area contributed by atoms with Crippen molar-refractivity contribution in [2.75, 3.05) is 0 Å². The van der Waals surface area contributed by atoms with Crippen LogP contribution in [0.5, 0.6) is 5.75 Å². The van der Waals surface area contributed by atoms with Crippen LogP contribution in [-0.4, -0.2) is 10.9 Å². The molecule has 4 heteroatoms. The van der Waals surface area contributed by atoms with E-state index in [1.807, 2.05) is 42.5 Å². The first-order chi connectivity index (χ1) is 14.2. The maximum absolute atomic E-state index is 11.4. The molecule has 1 aromatic heterocycles. The number of hydrogen-bond acceptors (Lipinski definition) is 4. The quantitative estimate of drug-likeness (QED) is 0.388. The number of carbonyl (C=O) groups excluding carboxylic acids is 1. The first-order valence-corrected chi connectivity index (χ1v) is 9.50. The van der Waals surface area contributed by atoms with Crippen LogP contribution in [0.3, 0.4) is 0 Å². The summed E-state index contributed by atoms with van der Waals surface area (Å²) in [7, 11) is 0. The molecule has 4 aromatic rings. The minimum Gasteiger partial charge on any atom is -0.486 e. The molecule has 0 fully saturated rings. The van der Waals surface area contributed by atoms with Crippen molar-refractivity contribution in [2.24, 2.45) is 0 Å². The molecule has 0 bridgehead atoms. The van der Waals surface area contributed by atoms with E-state index in [-0.39, 0.29) is 18.3 Å². The van der Waals surface area contributed by atoms with Crippen molar-refractivity contribution in [3.63, 3.8) is 0 Å². The minimum absolute atomic E-state index is 0.00949. The summed E-state index contributed by atoms with van der Waals surface area (Å²) in [5, 5.41) is 4.32. The first kappa shape index (κ1) is 18.7. The van der Waals surface area contributed by atoms with Crippen molar-refractivity contribution in [3.05, 3.63) is 119 Å². The number of ketones is 1. The van der Waals surface area contributed by atoms with E-state index in [2.05, 4.69) is 29.4 Å². The summed E-state index contributed by atoms with van der Waals surface area (Å²) in [6.45, 7) is 1.81. The van der Waals surface area contributed by atoms with Gasteiger partial charge in [-0.3, -0.25) is 4.79 Å². The number of Topliss-reactive ketones (excluding diaryl/α,β-unsaturated/α-hetero) is 1. The number of rotatable bonds is 7. The van der Waals surface area contributed by atoms with Gasteiger partial charge in [-0.25, -0.2) is 0 Å². The van der Waals surface area contributed by atoms with Crippen molar-refractivity contribution in [1.82, 2.24) is 5.16 Å². The normalized spacial score (nSPS) is 10.8. The molecule has 4 nitrogen and oxygen atoms in total. The van der Waals surface area contributed by atoms with Gasteiger partial charge in [-0.2, -0.15) is 0 Å². The first-order valence-electron chi connectivity index (χ1n) is 9.50. The zero-order valence-electron chi connectivity index (χ0n) is 16.1. The lowest BCUT2D eigenvalue weighted by atomic mass is 9.88. The maximum Gasteiger partial charge on any atom is 0.174 e. The fourth-order valence-electron chi connectivity index (χ4n) is 3.30. The molecule has 0 amide bonds. The molecular formula is C25H21NO3. The molecule has 0 saturated heterocycles. The topological polar surface area (TPSA) is 52.3 Å². The number of nitrogens with zero attached hydrogens (tertiary/aromatic N) is 1. The van der Waals surface area contributed by atoms with Crippen LogP contribution in [-0.2, 0) is 6.61 Å². The third-order valence-electron chi connectivity index (χ3n) is 4.78. The molecule has 144 valence electrons. The van der Waals surface area contributed by atoms with E-state index in [1.54, 1.807) is 31.2 Å². The molecule has 0 radical (unpaired) electrons. The summed E-state index contributed by atoms with van der Waals surface area (Å²) in [6.07, 6.45) is 0. The van der Waals surface area contributed by atoms with Gasteiger partial charge < -0.3 is 9.26 Å². The summed E-state index contributed by atoms with van der Waals surface area (Å²) in [5.41, 5.74) is 3.80. The second kappa shape index (κ2) is 8.57. The lowest BCUT2D eigenvalue weighted by Gasteiger charge is -2.15. The highest BCUT2D eigenvalue weighted by atomic mass is 16.5. The molecule has 0 spiro atoms. The number of hydrogen-bond donors (Lipinski definition) is 0. The van der Waals surface area contributed by atoms with E-state index < -0.39 is 0 Å². The Morgan fingerprint density at radius 3 is 2.03 bits per heavy atom. The molecule has 0 N–H and O–H groups in total. The SMILES string of the molecule is CC(=O)c1ccc(OCc2cc(C(c3ccccc3)c3ccccc3)no2)cc1. The van der Waals surface area contributed by atoms with E-state index in [1.165, 1.54) is 0 Å². The molecule has 0 saturated carbocycles. The standard InChI is InChI=1S/C25H21NO3/c1-18(27)19-12-14-22(15-13-19)28-17-23-16-24(26-29-23)25(20-8-4-2-5-9-20)21-10-6-3-7-11-21/h2-16,25H,17H2,1H3. The van der Waals surface area contributed by atoms with E-state index >= 15 is 0 Å². The molecule has 0 aliphatic heterocycles. The fraction of sp³-hybridized carbons (Fsp3) is 0.120. The molecule has 0 aliphatic rings. The van der Waals surface area contributed by atoms with Crippen LogP contribution < -0.4 is 4.74 Å². The van der Waals surface area contributed by atoms with E-state index in [4.69, 9.17) is 9.26 Å². The number of aromatic nitrogens is 1. The zero-order valence-corrected chi connectivity index (χ0v) is 16.1. The smallest absolute Gasteiger partial charge is 0.174 e. The van der Waals surface area contributed by atoms with Gasteiger partial charge in [0.15, 0.2) is 11.5 Å². The van der Waals surface area contributed by atoms with Gasteiger partial charge in [0.25, 0.3) is 0 Å². The van der Waals surface area contributed by atoms with E-state index in [0.29, 0.717) is 17.1 Å². The monoisotopic (exact) mass is 383 g/mol. The summed E-state index contributed by atoms with van der Waals surface area (Å²) in [5.74, 6) is 1.34. The Bertz CT molecular complexity index is 1030. The molecule has 29 heavy (non-hydrogen) atoms. The summed E-state index contributed by atoms with van der Waals surface area (Å²) in [4.78, 5) is 11.4. The third-order valence-corrected chi connectivity index (χ3v) is 4.78. The molecule has 3 aromatic carbocycles. The van der Waals surface area contributed by atoms with Crippen LogP contribution in [0, 0.1) is 0 Å². The Morgan fingerprint density at radius 1 is 0.897 bits per heavy atom. The number of carbonyl (C=O) groups is 1. The van der Waals surface area contributed by atoms with Crippen molar-refractivity contribution in [2.45, 2.75) is 19.4 Å². The van der Waals surface area contributed by atoms with Crippen molar-refractivity contribution in [3.8, 4) is 5.75 Å². The molecule has 0 atom stereocenters. The highest BCUT2D eigenvalue weighted by Gasteiger charge is 2.20. The molecule has 0 unspecified atom stereocenters. The van der Waals surface area contributed by atoms with Crippen LogP contribution in [0.4, 0.5) is 0 Å².